The Balaban J connectivity index is 3.28. The topological polar surface area (TPSA) is 46.5 Å². The normalized spacial score (nSPS) is 9.93. The fourth-order valence-electron chi connectivity index (χ4n) is 1.03. The average Bonchev–Trinajstić information content (AvgIpc) is 2.01. The highest BCUT2D eigenvalue weighted by atomic mass is 79.9. The number of carbonyl (C=O) groups is 1. The summed E-state index contributed by atoms with van der Waals surface area (Å²) in [5, 5.41) is 8.73. The highest BCUT2D eigenvalue weighted by Crippen LogP contribution is 2.26. The second-order valence-electron chi connectivity index (χ2n) is 2.50. The van der Waals surface area contributed by atoms with Gasteiger partial charge < -0.3 is 9.84 Å². The molecule has 76 valence electrons. The van der Waals surface area contributed by atoms with E-state index in [0.29, 0.717) is 4.47 Å². The van der Waals surface area contributed by atoms with E-state index in [2.05, 4.69) is 15.9 Å². The van der Waals surface area contributed by atoms with E-state index in [4.69, 9.17) is 9.84 Å². The average molecular weight is 263 g/mol. The van der Waals surface area contributed by atoms with Crippen LogP contribution in [0.5, 0.6) is 5.75 Å². The van der Waals surface area contributed by atoms with Gasteiger partial charge >= 0.3 is 5.97 Å². The number of hydrogen-bond acceptors (Lipinski definition) is 2. The second kappa shape index (κ2) is 4.41. The maximum Gasteiger partial charge on any atom is 0.342 e. The van der Waals surface area contributed by atoms with Gasteiger partial charge in [0.05, 0.1) is 6.61 Å². The Kier molecular flexibility index (Phi) is 3.46. The van der Waals surface area contributed by atoms with E-state index in [-0.39, 0.29) is 12.4 Å². The van der Waals surface area contributed by atoms with Crippen molar-refractivity contribution in [1.29, 1.82) is 0 Å². The minimum absolute atomic E-state index is 0.0341. The van der Waals surface area contributed by atoms with E-state index in [1.165, 1.54) is 6.07 Å². The highest BCUT2D eigenvalue weighted by molar-refractivity contribution is 9.10. The van der Waals surface area contributed by atoms with Gasteiger partial charge in [-0.1, -0.05) is 15.9 Å². The SMILES string of the molecule is CCOc1cc(Br)cc(F)c1C(=O)O. The summed E-state index contributed by atoms with van der Waals surface area (Å²) in [6, 6.07) is 2.52. The molecule has 0 heterocycles. The first-order valence-corrected chi connectivity index (χ1v) is 4.70. The van der Waals surface area contributed by atoms with Crippen molar-refractivity contribution in [3.63, 3.8) is 0 Å². The van der Waals surface area contributed by atoms with Crippen LogP contribution in [0.2, 0.25) is 0 Å². The predicted molar refractivity (Wildman–Crippen MR) is 52.2 cm³/mol. The molecule has 1 rings (SSSR count). The second-order valence-corrected chi connectivity index (χ2v) is 3.41. The van der Waals surface area contributed by atoms with E-state index >= 15 is 0 Å². The summed E-state index contributed by atoms with van der Waals surface area (Å²) in [6.45, 7) is 1.99. The first kappa shape index (κ1) is 11.0. The molecule has 0 unspecified atom stereocenters. The van der Waals surface area contributed by atoms with Crippen LogP contribution in [0.3, 0.4) is 0 Å². The standard InChI is InChI=1S/C9H8BrFO3/c1-2-14-7-4-5(10)3-6(11)8(7)9(12)13/h3-4H,2H2,1H3,(H,12,13). The van der Waals surface area contributed by atoms with Crippen LogP contribution >= 0.6 is 15.9 Å². The van der Waals surface area contributed by atoms with Crippen LogP contribution in [0, 0.1) is 5.82 Å². The first-order chi connectivity index (χ1) is 6.56. The number of aromatic carboxylic acids is 1. The Morgan fingerprint density at radius 3 is 2.79 bits per heavy atom. The van der Waals surface area contributed by atoms with Crippen molar-refractivity contribution in [2.24, 2.45) is 0 Å². The Labute approximate surface area is 88.6 Å². The molecule has 0 aliphatic heterocycles. The molecule has 14 heavy (non-hydrogen) atoms. The molecular formula is C9H8BrFO3. The molecule has 3 nitrogen and oxygen atoms in total. The summed E-state index contributed by atoms with van der Waals surface area (Å²) in [6.07, 6.45) is 0. The van der Waals surface area contributed by atoms with Gasteiger partial charge in [0.1, 0.15) is 17.1 Å². The zero-order valence-electron chi connectivity index (χ0n) is 7.38. The lowest BCUT2D eigenvalue weighted by atomic mass is 10.2. The number of carboxylic acids is 1. The minimum atomic E-state index is -1.33. The molecule has 0 aliphatic rings. The molecule has 0 fully saturated rings. The molecular weight excluding hydrogens is 255 g/mol. The van der Waals surface area contributed by atoms with E-state index in [1.54, 1.807) is 6.92 Å². The van der Waals surface area contributed by atoms with Gasteiger partial charge in [0, 0.05) is 4.47 Å². The molecule has 0 bridgehead atoms. The van der Waals surface area contributed by atoms with Crippen molar-refractivity contribution < 1.29 is 19.0 Å². The number of halogens is 2. The number of benzene rings is 1. The van der Waals surface area contributed by atoms with Crippen LogP contribution in [0.4, 0.5) is 4.39 Å². The van der Waals surface area contributed by atoms with Crippen molar-refractivity contribution in [1.82, 2.24) is 0 Å². The van der Waals surface area contributed by atoms with Crippen molar-refractivity contribution in [2.45, 2.75) is 6.92 Å². The molecule has 0 atom stereocenters. The van der Waals surface area contributed by atoms with Gasteiger partial charge in [-0.05, 0) is 19.1 Å². The molecule has 0 aliphatic carbocycles. The zero-order chi connectivity index (χ0) is 10.7. The Bertz CT molecular complexity index is 365. The van der Waals surface area contributed by atoms with Crippen LogP contribution in [-0.4, -0.2) is 17.7 Å². The first-order valence-electron chi connectivity index (χ1n) is 3.91. The van der Waals surface area contributed by atoms with Gasteiger partial charge in [0.25, 0.3) is 0 Å². The zero-order valence-corrected chi connectivity index (χ0v) is 8.97. The summed E-state index contributed by atoms with van der Waals surface area (Å²) < 4.78 is 18.7. The third kappa shape index (κ3) is 2.23. The number of ether oxygens (including phenoxy) is 1. The van der Waals surface area contributed by atoms with E-state index in [9.17, 15) is 9.18 Å². The Morgan fingerprint density at radius 1 is 1.64 bits per heavy atom. The fraction of sp³-hybridized carbons (Fsp3) is 0.222. The lowest BCUT2D eigenvalue weighted by Gasteiger charge is -2.08. The van der Waals surface area contributed by atoms with Gasteiger partial charge in [0.2, 0.25) is 0 Å². The smallest absolute Gasteiger partial charge is 0.342 e. The van der Waals surface area contributed by atoms with Gasteiger partial charge in [0.15, 0.2) is 0 Å². The van der Waals surface area contributed by atoms with Gasteiger partial charge in [-0.15, -0.1) is 0 Å². The van der Waals surface area contributed by atoms with Crippen molar-refractivity contribution in [2.75, 3.05) is 6.61 Å². The Morgan fingerprint density at radius 2 is 2.29 bits per heavy atom. The molecule has 1 N–H and O–H groups in total. The molecule has 0 saturated heterocycles. The molecule has 0 saturated carbocycles. The Hall–Kier alpha value is -1.10. The summed E-state index contributed by atoms with van der Waals surface area (Å²) in [4.78, 5) is 10.7. The van der Waals surface area contributed by atoms with Crippen molar-refractivity contribution in [3.8, 4) is 5.75 Å². The monoisotopic (exact) mass is 262 g/mol. The van der Waals surface area contributed by atoms with Gasteiger partial charge in [-0.25, -0.2) is 9.18 Å². The highest BCUT2D eigenvalue weighted by Gasteiger charge is 2.17. The van der Waals surface area contributed by atoms with Crippen LogP contribution < -0.4 is 4.74 Å². The maximum atomic E-state index is 13.2. The molecule has 0 aromatic heterocycles. The molecule has 1 aromatic rings. The quantitative estimate of drug-likeness (QED) is 0.911. The van der Waals surface area contributed by atoms with Crippen LogP contribution in [-0.2, 0) is 0 Å². The molecule has 0 spiro atoms. The van der Waals surface area contributed by atoms with Crippen molar-refractivity contribution in [3.05, 3.63) is 28.0 Å². The van der Waals surface area contributed by atoms with E-state index in [1.807, 2.05) is 0 Å². The lowest BCUT2D eigenvalue weighted by Crippen LogP contribution is -2.05. The summed E-state index contributed by atoms with van der Waals surface area (Å²) in [7, 11) is 0. The van der Waals surface area contributed by atoms with Crippen LogP contribution in [0.1, 0.15) is 17.3 Å². The molecule has 5 heteroatoms. The summed E-state index contributed by atoms with van der Waals surface area (Å²) in [5.74, 6) is -2.11. The molecule has 1 aromatic carbocycles. The third-order valence-corrected chi connectivity index (χ3v) is 1.99. The number of rotatable bonds is 3. The fourth-order valence-corrected chi connectivity index (χ4v) is 1.44. The largest absolute Gasteiger partial charge is 0.493 e. The number of carboxylic acid groups (broad SMARTS) is 1. The van der Waals surface area contributed by atoms with Gasteiger partial charge in [-0.2, -0.15) is 0 Å². The van der Waals surface area contributed by atoms with Crippen LogP contribution in [0.15, 0.2) is 16.6 Å². The van der Waals surface area contributed by atoms with Crippen LogP contribution in [0.25, 0.3) is 0 Å². The van der Waals surface area contributed by atoms with E-state index in [0.717, 1.165) is 6.07 Å². The van der Waals surface area contributed by atoms with Gasteiger partial charge in [-0.3, -0.25) is 0 Å². The van der Waals surface area contributed by atoms with Crippen molar-refractivity contribution >= 4 is 21.9 Å². The predicted octanol–water partition coefficient (Wildman–Crippen LogP) is 2.69. The van der Waals surface area contributed by atoms with E-state index < -0.39 is 17.3 Å². The maximum absolute atomic E-state index is 13.2. The number of hydrogen-bond donors (Lipinski definition) is 1. The molecule has 0 radical (unpaired) electrons. The minimum Gasteiger partial charge on any atom is -0.493 e. The summed E-state index contributed by atoms with van der Waals surface area (Å²) in [5.41, 5.74) is -0.435. The summed E-state index contributed by atoms with van der Waals surface area (Å²) >= 11 is 3.05. The lowest BCUT2D eigenvalue weighted by molar-refractivity contribution is 0.0687. The molecule has 0 amide bonds. The third-order valence-electron chi connectivity index (χ3n) is 1.53.